The highest BCUT2D eigenvalue weighted by Gasteiger charge is 2.01. The summed E-state index contributed by atoms with van der Waals surface area (Å²) in [5.41, 5.74) is 0. The zero-order valence-corrected chi connectivity index (χ0v) is 13.3. The molecule has 0 radical (unpaired) electrons. The van der Waals surface area contributed by atoms with Crippen LogP contribution in [0.4, 0.5) is 0 Å². The van der Waals surface area contributed by atoms with Crippen LogP contribution in [0.25, 0.3) is 10.8 Å². The quantitative estimate of drug-likeness (QED) is 0.628. The fraction of sp³-hybridized carbons (Fsp3) is 0.444. The molecule has 0 fully saturated rings. The van der Waals surface area contributed by atoms with Crippen LogP contribution < -0.4 is 9.47 Å². The molecule has 0 aliphatic carbocycles. The van der Waals surface area contributed by atoms with Gasteiger partial charge in [0.25, 0.3) is 0 Å². The molecule has 0 atom stereocenters. The predicted molar refractivity (Wildman–Crippen MR) is 87.9 cm³/mol. The topological polar surface area (TPSA) is 36.9 Å². The highest BCUT2D eigenvalue weighted by atomic mass is 16.5. The molecule has 4 heteroatoms. The normalized spacial score (nSPS) is 10.8. The van der Waals surface area contributed by atoms with E-state index in [1.807, 2.05) is 50.2 Å². The Balaban J connectivity index is 1.93. The van der Waals surface area contributed by atoms with Crippen LogP contribution >= 0.6 is 0 Å². The number of hydrogen-bond acceptors (Lipinski definition) is 4. The summed E-state index contributed by atoms with van der Waals surface area (Å²) in [7, 11) is 0. The number of fused-ring (bicyclic) bond motifs is 1. The van der Waals surface area contributed by atoms with Gasteiger partial charge in [0.15, 0.2) is 0 Å². The number of benzene rings is 2. The first-order valence-corrected chi connectivity index (χ1v) is 7.78. The standard InChI is InChI=1S/C18H24O4/c1-3-19-9-11-21-17-7-5-16-14-18(8-6-15(16)13-17)22-12-10-20-4-2/h5-8,13-14H,3-4,9-12H2,1-2H3. The van der Waals surface area contributed by atoms with E-state index < -0.39 is 0 Å². The molecule has 0 aliphatic heterocycles. The monoisotopic (exact) mass is 304 g/mol. The van der Waals surface area contributed by atoms with Gasteiger partial charge >= 0.3 is 0 Å². The summed E-state index contributed by atoms with van der Waals surface area (Å²) in [6, 6.07) is 12.1. The maximum atomic E-state index is 5.67. The molecule has 4 nitrogen and oxygen atoms in total. The van der Waals surface area contributed by atoms with Crippen LogP contribution in [0, 0.1) is 0 Å². The Bertz CT molecular complexity index is 517. The van der Waals surface area contributed by atoms with Gasteiger partial charge in [0.05, 0.1) is 13.2 Å². The number of hydrogen-bond donors (Lipinski definition) is 0. The molecule has 120 valence electrons. The molecule has 2 rings (SSSR count). The Hall–Kier alpha value is -1.78. The van der Waals surface area contributed by atoms with Crippen molar-refractivity contribution in [2.75, 3.05) is 39.6 Å². The summed E-state index contributed by atoms with van der Waals surface area (Å²) in [6.07, 6.45) is 0. The molecule has 2 aromatic carbocycles. The first kappa shape index (κ1) is 16.6. The summed E-state index contributed by atoms with van der Waals surface area (Å²) < 4.78 is 21.9. The van der Waals surface area contributed by atoms with Gasteiger partial charge in [-0.05, 0) is 48.9 Å². The molecule has 0 unspecified atom stereocenters. The summed E-state index contributed by atoms with van der Waals surface area (Å²) >= 11 is 0. The van der Waals surface area contributed by atoms with Gasteiger partial charge in [0, 0.05) is 13.2 Å². The van der Waals surface area contributed by atoms with Crippen molar-refractivity contribution in [3.63, 3.8) is 0 Å². The molecule has 2 aromatic rings. The summed E-state index contributed by atoms with van der Waals surface area (Å²) in [5, 5.41) is 2.26. The molecule has 0 aromatic heterocycles. The zero-order chi connectivity index (χ0) is 15.6. The van der Waals surface area contributed by atoms with Gasteiger partial charge in [-0.3, -0.25) is 0 Å². The molecule has 0 amide bonds. The molecule has 0 aliphatic rings. The third-order valence-corrected chi connectivity index (χ3v) is 3.18. The average Bonchev–Trinajstić information content (AvgIpc) is 2.55. The van der Waals surface area contributed by atoms with Crippen molar-refractivity contribution in [1.29, 1.82) is 0 Å². The van der Waals surface area contributed by atoms with Crippen LogP contribution in [0.3, 0.4) is 0 Å². The highest BCUT2D eigenvalue weighted by Crippen LogP contribution is 2.25. The third-order valence-electron chi connectivity index (χ3n) is 3.18. The lowest BCUT2D eigenvalue weighted by molar-refractivity contribution is 0.110. The first-order chi connectivity index (χ1) is 10.8. The molecular weight excluding hydrogens is 280 g/mol. The van der Waals surface area contributed by atoms with Crippen molar-refractivity contribution in [3.05, 3.63) is 36.4 Å². The van der Waals surface area contributed by atoms with Crippen LogP contribution in [0.5, 0.6) is 11.5 Å². The lowest BCUT2D eigenvalue weighted by Gasteiger charge is -2.09. The lowest BCUT2D eigenvalue weighted by atomic mass is 10.1. The van der Waals surface area contributed by atoms with Gasteiger partial charge < -0.3 is 18.9 Å². The number of rotatable bonds is 10. The van der Waals surface area contributed by atoms with E-state index >= 15 is 0 Å². The van der Waals surface area contributed by atoms with Gasteiger partial charge in [-0.25, -0.2) is 0 Å². The molecular formula is C18H24O4. The largest absolute Gasteiger partial charge is 0.491 e. The molecule has 22 heavy (non-hydrogen) atoms. The minimum atomic E-state index is 0.567. The van der Waals surface area contributed by atoms with E-state index in [9.17, 15) is 0 Å². The van der Waals surface area contributed by atoms with Crippen molar-refractivity contribution in [2.45, 2.75) is 13.8 Å². The van der Waals surface area contributed by atoms with Gasteiger partial charge in [-0.1, -0.05) is 12.1 Å². The van der Waals surface area contributed by atoms with Crippen molar-refractivity contribution >= 4 is 10.8 Å². The van der Waals surface area contributed by atoms with E-state index in [0.717, 1.165) is 22.3 Å². The summed E-state index contributed by atoms with van der Waals surface area (Å²) in [5.74, 6) is 1.72. The predicted octanol–water partition coefficient (Wildman–Crippen LogP) is 3.67. The van der Waals surface area contributed by atoms with Crippen molar-refractivity contribution in [2.24, 2.45) is 0 Å². The molecule has 0 saturated carbocycles. The molecule has 0 heterocycles. The minimum absolute atomic E-state index is 0.567. The first-order valence-electron chi connectivity index (χ1n) is 7.78. The van der Waals surface area contributed by atoms with Crippen LogP contribution in [0.15, 0.2) is 36.4 Å². The fourth-order valence-corrected chi connectivity index (χ4v) is 2.11. The second kappa shape index (κ2) is 9.28. The Morgan fingerprint density at radius 3 is 1.50 bits per heavy atom. The van der Waals surface area contributed by atoms with E-state index in [0.29, 0.717) is 39.6 Å². The number of ether oxygens (including phenoxy) is 4. The highest BCUT2D eigenvalue weighted by molar-refractivity contribution is 5.85. The van der Waals surface area contributed by atoms with E-state index in [1.54, 1.807) is 0 Å². The van der Waals surface area contributed by atoms with Crippen LogP contribution in [-0.4, -0.2) is 39.6 Å². The SMILES string of the molecule is CCOCCOc1ccc2cc(OCCOCC)ccc2c1. The molecule has 0 N–H and O–H groups in total. The minimum Gasteiger partial charge on any atom is -0.491 e. The van der Waals surface area contributed by atoms with Crippen molar-refractivity contribution < 1.29 is 18.9 Å². The summed E-state index contributed by atoms with van der Waals surface area (Å²) in [4.78, 5) is 0. The maximum Gasteiger partial charge on any atom is 0.120 e. The van der Waals surface area contributed by atoms with Crippen molar-refractivity contribution in [3.8, 4) is 11.5 Å². The van der Waals surface area contributed by atoms with Crippen LogP contribution in [0.2, 0.25) is 0 Å². The lowest BCUT2D eigenvalue weighted by Crippen LogP contribution is -2.06. The molecule has 0 bridgehead atoms. The van der Waals surface area contributed by atoms with E-state index in [2.05, 4.69) is 0 Å². The Morgan fingerprint density at radius 1 is 0.636 bits per heavy atom. The van der Waals surface area contributed by atoms with Crippen LogP contribution in [0.1, 0.15) is 13.8 Å². The van der Waals surface area contributed by atoms with Crippen LogP contribution in [-0.2, 0) is 9.47 Å². The molecule has 0 saturated heterocycles. The second-order valence-corrected chi connectivity index (χ2v) is 4.76. The fourth-order valence-electron chi connectivity index (χ4n) is 2.11. The van der Waals surface area contributed by atoms with Gasteiger partial charge in [0.2, 0.25) is 0 Å². The van der Waals surface area contributed by atoms with Gasteiger partial charge in [0.1, 0.15) is 24.7 Å². The maximum absolute atomic E-state index is 5.67. The Kier molecular flexibility index (Phi) is 7.00. The smallest absolute Gasteiger partial charge is 0.120 e. The zero-order valence-electron chi connectivity index (χ0n) is 13.3. The third kappa shape index (κ3) is 5.20. The Labute approximate surface area is 131 Å². The van der Waals surface area contributed by atoms with Crippen molar-refractivity contribution in [1.82, 2.24) is 0 Å². The van der Waals surface area contributed by atoms with Gasteiger partial charge in [-0.15, -0.1) is 0 Å². The second-order valence-electron chi connectivity index (χ2n) is 4.76. The molecule has 0 spiro atoms. The van der Waals surface area contributed by atoms with E-state index in [-0.39, 0.29) is 0 Å². The Morgan fingerprint density at radius 2 is 1.09 bits per heavy atom. The van der Waals surface area contributed by atoms with Gasteiger partial charge in [-0.2, -0.15) is 0 Å². The average molecular weight is 304 g/mol. The van der Waals surface area contributed by atoms with E-state index in [4.69, 9.17) is 18.9 Å². The summed E-state index contributed by atoms with van der Waals surface area (Å²) in [6.45, 7) is 7.74. The van der Waals surface area contributed by atoms with E-state index in [1.165, 1.54) is 0 Å².